The molecule has 1 atom stereocenters. The van der Waals surface area contributed by atoms with E-state index in [4.69, 9.17) is 0 Å². The third-order valence-corrected chi connectivity index (χ3v) is 5.78. The lowest BCUT2D eigenvalue weighted by atomic mass is 10.1. The van der Waals surface area contributed by atoms with E-state index >= 15 is 0 Å². The van der Waals surface area contributed by atoms with Gasteiger partial charge in [0.2, 0.25) is 10.0 Å². The summed E-state index contributed by atoms with van der Waals surface area (Å²) in [5, 5.41) is 3.07. The van der Waals surface area contributed by atoms with Crippen molar-refractivity contribution in [1.82, 2.24) is 10.0 Å². The van der Waals surface area contributed by atoms with Gasteiger partial charge in [0, 0.05) is 12.6 Å². The van der Waals surface area contributed by atoms with Gasteiger partial charge < -0.3 is 5.32 Å². The summed E-state index contributed by atoms with van der Waals surface area (Å²) in [6.07, 6.45) is 2.85. The van der Waals surface area contributed by atoms with Crippen molar-refractivity contribution in [2.75, 3.05) is 19.1 Å². The molecule has 21 heavy (non-hydrogen) atoms. The summed E-state index contributed by atoms with van der Waals surface area (Å²) in [4.78, 5) is 0.384. The summed E-state index contributed by atoms with van der Waals surface area (Å²) in [7, 11) is -1.61. The van der Waals surface area contributed by atoms with Crippen LogP contribution in [0, 0.1) is 13.8 Å². The third kappa shape index (κ3) is 5.29. The summed E-state index contributed by atoms with van der Waals surface area (Å²) in [6, 6.07) is 3.66. The Labute approximate surface area is 133 Å². The van der Waals surface area contributed by atoms with Crippen molar-refractivity contribution in [2.24, 2.45) is 0 Å². The van der Waals surface area contributed by atoms with Crippen molar-refractivity contribution in [3.05, 3.63) is 28.8 Å². The maximum Gasteiger partial charge on any atom is 0.241 e. The summed E-state index contributed by atoms with van der Waals surface area (Å²) in [5.41, 5.74) is 2.91. The molecule has 0 aliphatic carbocycles. The molecular weight excluding hydrogens is 304 g/mol. The van der Waals surface area contributed by atoms with E-state index in [1.807, 2.05) is 40.1 Å². The molecular formula is C15H26N2O2S2. The molecule has 1 aromatic rings. The Bertz CT molecular complexity index is 571. The Morgan fingerprint density at radius 1 is 1.24 bits per heavy atom. The van der Waals surface area contributed by atoms with Crippen LogP contribution in [0.2, 0.25) is 0 Å². The molecule has 120 valence electrons. The van der Waals surface area contributed by atoms with Gasteiger partial charge in [-0.15, -0.1) is 0 Å². The van der Waals surface area contributed by atoms with Crippen LogP contribution in [0.1, 0.15) is 30.0 Å². The normalized spacial score (nSPS) is 13.4. The van der Waals surface area contributed by atoms with E-state index in [1.165, 1.54) is 0 Å². The Kier molecular flexibility index (Phi) is 7.20. The molecule has 0 saturated heterocycles. The summed E-state index contributed by atoms with van der Waals surface area (Å²) in [5.74, 6) is 0.946. The zero-order chi connectivity index (χ0) is 16.0. The lowest BCUT2D eigenvalue weighted by molar-refractivity contribution is 0.556. The van der Waals surface area contributed by atoms with E-state index in [2.05, 4.69) is 10.0 Å². The summed E-state index contributed by atoms with van der Waals surface area (Å²) in [6.45, 7) is 6.42. The average molecular weight is 331 g/mol. The highest BCUT2D eigenvalue weighted by molar-refractivity contribution is 7.98. The highest BCUT2D eigenvalue weighted by Crippen LogP contribution is 2.21. The second kappa shape index (κ2) is 8.17. The van der Waals surface area contributed by atoms with Crippen molar-refractivity contribution in [1.29, 1.82) is 0 Å². The van der Waals surface area contributed by atoms with Gasteiger partial charge in [-0.05, 0) is 69.0 Å². The molecule has 0 spiro atoms. The van der Waals surface area contributed by atoms with Gasteiger partial charge in [-0.2, -0.15) is 11.8 Å². The molecule has 0 aromatic heterocycles. The molecule has 0 aliphatic heterocycles. The molecule has 6 heteroatoms. The molecule has 0 saturated carbocycles. The fraction of sp³-hybridized carbons (Fsp3) is 0.600. The van der Waals surface area contributed by atoms with Gasteiger partial charge in [-0.1, -0.05) is 6.07 Å². The largest absolute Gasteiger partial charge is 0.316 e. The zero-order valence-corrected chi connectivity index (χ0v) is 15.1. The van der Waals surface area contributed by atoms with Crippen LogP contribution in [-0.2, 0) is 16.6 Å². The van der Waals surface area contributed by atoms with Crippen LogP contribution < -0.4 is 10.0 Å². The minimum atomic E-state index is -3.47. The number of aryl methyl sites for hydroxylation is 2. The quantitative estimate of drug-likeness (QED) is 0.769. The monoisotopic (exact) mass is 330 g/mol. The molecule has 1 rings (SSSR count). The number of benzene rings is 1. The highest BCUT2D eigenvalue weighted by atomic mass is 32.2. The third-order valence-electron chi connectivity index (χ3n) is 3.40. The number of sulfonamides is 1. The van der Waals surface area contributed by atoms with Gasteiger partial charge in [0.15, 0.2) is 0 Å². The molecule has 4 nitrogen and oxygen atoms in total. The highest BCUT2D eigenvalue weighted by Gasteiger charge is 2.20. The molecule has 1 unspecified atom stereocenters. The minimum Gasteiger partial charge on any atom is -0.316 e. The Morgan fingerprint density at radius 2 is 1.90 bits per heavy atom. The van der Waals surface area contributed by atoms with E-state index < -0.39 is 10.0 Å². The molecule has 0 heterocycles. The van der Waals surface area contributed by atoms with Gasteiger partial charge in [0.05, 0.1) is 4.90 Å². The van der Waals surface area contributed by atoms with Crippen molar-refractivity contribution in [2.45, 2.75) is 44.7 Å². The van der Waals surface area contributed by atoms with E-state index in [9.17, 15) is 8.42 Å². The van der Waals surface area contributed by atoms with E-state index in [0.717, 1.165) is 28.9 Å². The number of thioether (sulfide) groups is 1. The molecule has 0 bridgehead atoms. The summed E-state index contributed by atoms with van der Waals surface area (Å²) >= 11 is 1.72. The Balaban J connectivity index is 3.04. The van der Waals surface area contributed by atoms with Crippen LogP contribution in [0.5, 0.6) is 0 Å². The zero-order valence-electron chi connectivity index (χ0n) is 13.5. The minimum absolute atomic E-state index is 0.0593. The predicted octanol–water partition coefficient (Wildman–Crippen LogP) is 2.44. The number of hydrogen-bond donors (Lipinski definition) is 2. The maximum atomic E-state index is 12.6. The Hall–Kier alpha value is -0.560. The molecule has 0 fully saturated rings. The topological polar surface area (TPSA) is 58.2 Å². The van der Waals surface area contributed by atoms with Crippen molar-refractivity contribution in [3.8, 4) is 0 Å². The lowest BCUT2D eigenvalue weighted by Gasteiger charge is -2.17. The predicted molar refractivity (Wildman–Crippen MR) is 91.5 cm³/mol. The van der Waals surface area contributed by atoms with Crippen LogP contribution >= 0.6 is 11.8 Å². The lowest BCUT2D eigenvalue weighted by Crippen LogP contribution is -2.33. The summed E-state index contributed by atoms with van der Waals surface area (Å²) < 4.78 is 27.9. The number of nitrogens with one attached hydrogen (secondary N) is 2. The molecule has 0 amide bonds. The van der Waals surface area contributed by atoms with Crippen molar-refractivity contribution in [3.63, 3.8) is 0 Å². The first-order valence-corrected chi connectivity index (χ1v) is 9.95. The first-order chi connectivity index (χ1) is 9.81. The molecule has 2 N–H and O–H groups in total. The maximum absolute atomic E-state index is 12.6. The molecule has 1 aromatic carbocycles. The van der Waals surface area contributed by atoms with Crippen LogP contribution in [0.25, 0.3) is 0 Å². The van der Waals surface area contributed by atoms with Gasteiger partial charge in [0.1, 0.15) is 0 Å². The van der Waals surface area contributed by atoms with Crippen molar-refractivity contribution >= 4 is 21.8 Å². The standard InChI is InChI=1S/C15H26N2O2S2/c1-11-8-12(2)15(9-14(11)10-16-4)21(18,19)17-13(3)6-7-20-5/h8-9,13,16-17H,6-7,10H2,1-5H3. The van der Waals surface area contributed by atoms with Crippen LogP contribution in [0.4, 0.5) is 0 Å². The van der Waals surface area contributed by atoms with Crippen molar-refractivity contribution < 1.29 is 8.42 Å². The first kappa shape index (κ1) is 18.5. The molecule has 0 aliphatic rings. The van der Waals surface area contributed by atoms with Crippen LogP contribution in [0.3, 0.4) is 0 Å². The number of hydrogen-bond acceptors (Lipinski definition) is 4. The van der Waals surface area contributed by atoms with E-state index in [-0.39, 0.29) is 6.04 Å². The van der Waals surface area contributed by atoms with Crippen LogP contribution in [0.15, 0.2) is 17.0 Å². The number of rotatable bonds is 8. The second-order valence-electron chi connectivity index (χ2n) is 5.38. The van der Waals surface area contributed by atoms with Gasteiger partial charge >= 0.3 is 0 Å². The smallest absolute Gasteiger partial charge is 0.241 e. The van der Waals surface area contributed by atoms with E-state index in [0.29, 0.717) is 11.4 Å². The fourth-order valence-corrected chi connectivity index (χ4v) is 4.37. The molecule has 0 radical (unpaired) electrons. The Morgan fingerprint density at radius 3 is 2.48 bits per heavy atom. The van der Waals surface area contributed by atoms with Gasteiger partial charge in [-0.3, -0.25) is 0 Å². The van der Waals surface area contributed by atoms with Crippen LogP contribution in [-0.4, -0.2) is 33.5 Å². The van der Waals surface area contributed by atoms with Gasteiger partial charge in [0.25, 0.3) is 0 Å². The average Bonchev–Trinajstić information content (AvgIpc) is 2.38. The second-order valence-corrected chi connectivity index (χ2v) is 8.05. The van der Waals surface area contributed by atoms with Gasteiger partial charge in [-0.25, -0.2) is 13.1 Å². The SMILES string of the molecule is CNCc1cc(S(=O)(=O)NC(C)CCSC)c(C)cc1C. The van der Waals surface area contributed by atoms with E-state index in [1.54, 1.807) is 17.8 Å². The fourth-order valence-electron chi connectivity index (χ4n) is 2.23. The first-order valence-electron chi connectivity index (χ1n) is 7.07.